The third kappa shape index (κ3) is 2.49. The summed E-state index contributed by atoms with van der Waals surface area (Å²) < 4.78 is 6.56. The molecule has 0 atom stereocenters. The summed E-state index contributed by atoms with van der Waals surface area (Å²) in [5.41, 5.74) is 8.23. The lowest BCUT2D eigenvalue weighted by atomic mass is 9.94. The number of hydrogen-bond donors (Lipinski definition) is 0. The van der Waals surface area contributed by atoms with E-state index in [1.807, 2.05) is 12.1 Å². The van der Waals surface area contributed by atoms with Gasteiger partial charge in [-0.15, -0.1) is 0 Å². The Morgan fingerprint density at radius 3 is 1.93 bits per heavy atom. The molecule has 0 N–H and O–H groups in total. The minimum atomic E-state index is 0.910. The van der Waals surface area contributed by atoms with Crippen LogP contribution in [0.5, 0.6) is 0 Å². The molecule has 0 amide bonds. The molecule has 0 aromatic heterocycles. The Morgan fingerprint density at radius 1 is 0.500 bits per heavy atom. The standard InChI is InChI=1S/C29H20O/c1-19-16-17-22-24(18-19)28-27(26(22)20-10-4-2-5-11-20)23-14-8-9-15-25(23)30-29(28)21-12-6-3-7-13-21/h2-18H,1H3. The molecule has 0 saturated carbocycles. The first-order chi connectivity index (χ1) is 14.8. The van der Waals surface area contributed by atoms with Gasteiger partial charge in [0.1, 0.15) is 11.3 Å². The van der Waals surface area contributed by atoms with Crippen molar-refractivity contribution in [3.8, 4) is 33.6 Å². The van der Waals surface area contributed by atoms with Crippen LogP contribution in [0.3, 0.4) is 0 Å². The predicted molar refractivity (Wildman–Crippen MR) is 126 cm³/mol. The van der Waals surface area contributed by atoms with Gasteiger partial charge in [-0.3, -0.25) is 0 Å². The second-order valence-corrected chi connectivity index (χ2v) is 7.83. The van der Waals surface area contributed by atoms with Crippen LogP contribution in [0.1, 0.15) is 5.56 Å². The molecular formula is C29H20O. The molecular weight excluding hydrogens is 364 g/mol. The Bertz CT molecular complexity index is 1470. The number of benzene rings is 4. The van der Waals surface area contributed by atoms with E-state index in [1.54, 1.807) is 0 Å². The van der Waals surface area contributed by atoms with Gasteiger partial charge in [-0.2, -0.15) is 0 Å². The fourth-order valence-corrected chi connectivity index (χ4v) is 4.60. The van der Waals surface area contributed by atoms with Gasteiger partial charge in [0.2, 0.25) is 0 Å². The molecule has 0 bridgehead atoms. The quantitative estimate of drug-likeness (QED) is 0.292. The highest BCUT2D eigenvalue weighted by Crippen LogP contribution is 2.52. The van der Waals surface area contributed by atoms with Crippen LogP contribution < -0.4 is 0 Å². The van der Waals surface area contributed by atoms with E-state index in [2.05, 4.69) is 97.9 Å². The SMILES string of the molecule is Cc1ccc2c(-c3ccccc3)c3c4ccccc4oc(-c4ccccc4)c-3c2c1. The largest absolute Gasteiger partial charge is 0.455 e. The maximum absolute atomic E-state index is 6.56. The summed E-state index contributed by atoms with van der Waals surface area (Å²) in [5.74, 6) is 0.932. The zero-order valence-corrected chi connectivity index (χ0v) is 16.7. The third-order valence-corrected chi connectivity index (χ3v) is 5.91. The van der Waals surface area contributed by atoms with Gasteiger partial charge in [0, 0.05) is 22.1 Å². The van der Waals surface area contributed by atoms with Crippen LogP contribution >= 0.6 is 0 Å². The Kier molecular flexibility index (Phi) is 3.75. The van der Waals surface area contributed by atoms with Crippen molar-refractivity contribution < 1.29 is 4.42 Å². The molecule has 0 spiro atoms. The van der Waals surface area contributed by atoms with E-state index in [-0.39, 0.29) is 0 Å². The Morgan fingerprint density at radius 2 is 1.17 bits per heavy atom. The second kappa shape index (κ2) is 6.60. The average Bonchev–Trinajstić information content (AvgIpc) is 3.14. The minimum absolute atomic E-state index is 0.910. The van der Waals surface area contributed by atoms with Crippen molar-refractivity contribution in [2.45, 2.75) is 6.92 Å². The Labute approximate surface area is 175 Å². The van der Waals surface area contributed by atoms with Crippen LogP contribution in [0.4, 0.5) is 0 Å². The molecule has 2 aliphatic rings. The zero-order valence-electron chi connectivity index (χ0n) is 16.7. The van der Waals surface area contributed by atoms with Crippen LogP contribution in [0.15, 0.2) is 108 Å². The van der Waals surface area contributed by atoms with Crippen molar-refractivity contribution in [1.82, 2.24) is 0 Å². The summed E-state index contributed by atoms with van der Waals surface area (Å²) >= 11 is 0. The lowest BCUT2D eigenvalue weighted by molar-refractivity contribution is 0.622. The number of para-hydroxylation sites is 1. The van der Waals surface area contributed by atoms with Crippen molar-refractivity contribution in [2.75, 3.05) is 0 Å². The maximum atomic E-state index is 6.56. The molecule has 0 fully saturated rings. The van der Waals surface area contributed by atoms with Gasteiger partial charge >= 0.3 is 0 Å². The van der Waals surface area contributed by atoms with Crippen molar-refractivity contribution in [2.24, 2.45) is 0 Å². The summed E-state index contributed by atoms with van der Waals surface area (Å²) in [6.45, 7) is 2.15. The molecule has 0 radical (unpaired) electrons. The molecule has 0 unspecified atom stereocenters. The number of rotatable bonds is 2. The smallest absolute Gasteiger partial charge is 0.143 e. The fraction of sp³-hybridized carbons (Fsp3) is 0.0345. The number of fused-ring (bicyclic) bond motifs is 5. The van der Waals surface area contributed by atoms with Crippen molar-refractivity contribution in [3.05, 3.63) is 109 Å². The summed E-state index contributed by atoms with van der Waals surface area (Å²) in [6.07, 6.45) is 0. The van der Waals surface area contributed by atoms with Crippen molar-refractivity contribution in [3.63, 3.8) is 0 Å². The van der Waals surface area contributed by atoms with Gasteiger partial charge in [-0.1, -0.05) is 103 Å². The zero-order chi connectivity index (χ0) is 20.1. The number of hydrogen-bond acceptors (Lipinski definition) is 1. The van der Waals surface area contributed by atoms with E-state index in [9.17, 15) is 0 Å². The van der Waals surface area contributed by atoms with E-state index < -0.39 is 0 Å². The fourth-order valence-electron chi connectivity index (χ4n) is 4.60. The molecule has 4 aromatic rings. The minimum Gasteiger partial charge on any atom is -0.455 e. The molecule has 6 rings (SSSR count). The van der Waals surface area contributed by atoms with Crippen molar-refractivity contribution >= 4 is 21.7 Å². The highest BCUT2D eigenvalue weighted by atomic mass is 16.3. The van der Waals surface area contributed by atoms with Crippen LogP contribution in [-0.4, -0.2) is 0 Å². The molecule has 4 aromatic carbocycles. The molecule has 30 heavy (non-hydrogen) atoms. The van der Waals surface area contributed by atoms with E-state index >= 15 is 0 Å². The van der Waals surface area contributed by atoms with E-state index in [0.29, 0.717) is 0 Å². The van der Waals surface area contributed by atoms with Crippen LogP contribution in [0.2, 0.25) is 0 Å². The van der Waals surface area contributed by atoms with Gasteiger partial charge in [0.15, 0.2) is 0 Å². The molecule has 1 heterocycles. The highest BCUT2D eigenvalue weighted by molar-refractivity contribution is 6.23. The first-order valence-electron chi connectivity index (χ1n) is 10.3. The van der Waals surface area contributed by atoms with E-state index in [0.717, 1.165) is 22.3 Å². The van der Waals surface area contributed by atoms with Gasteiger partial charge in [0.05, 0.1) is 0 Å². The normalized spacial score (nSPS) is 11.5. The lowest BCUT2D eigenvalue weighted by Crippen LogP contribution is -1.88. The summed E-state index contributed by atoms with van der Waals surface area (Å²) in [6, 6.07) is 36.3. The second-order valence-electron chi connectivity index (χ2n) is 7.83. The Hall–Kier alpha value is -3.84. The maximum Gasteiger partial charge on any atom is 0.143 e. The number of aryl methyl sites for hydroxylation is 1. The summed E-state index contributed by atoms with van der Waals surface area (Å²) in [7, 11) is 0. The van der Waals surface area contributed by atoms with Gasteiger partial charge in [-0.05, 0) is 34.9 Å². The lowest BCUT2D eigenvalue weighted by Gasteiger charge is -2.14. The van der Waals surface area contributed by atoms with Gasteiger partial charge < -0.3 is 4.42 Å². The summed E-state index contributed by atoms with van der Waals surface area (Å²) in [5, 5.41) is 3.67. The van der Waals surface area contributed by atoms with Gasteiger partial charge in [-0.25, -0.2) is 0 Å². The molecule has 1 aliphatic carbocycles. The van der Waals surface area contributed by atoms with E-state index in [1.165, 1.54) is 38.6 Å². The monoisotopic (exact) mass is 384 g/mol. The molecule has 0 saturated heterocycles. The highest BCUT2D eigenvalue weighted by Gasteiger charge is 2.26. The average molecular weight is 384 g/mol. The van der Waals surface area contributed by atoms with Crippen molar-refractivity contribution in [1.29, 1.82) is 0 Å². The van der Waals surface area contributed by atoms with Gasteiger partial charge in [0.25, 0.3) is 0 Å². The van der Waals surface area contributed by atoms with Crippen LogP contribution in [0, 0.1) is 6.92 Å². The molecule has 142 valence electrons. The topological polar surface area (TPSA) is 13.1 Å². The van der Waals surface area contributed by atoms with Crippen LogP contribution in [0.25, 0.3) is 55.3 Å². The summed E-state index contributed by atoms with van der Waals surface area (Å²) in [4.78, 5) is 0. The predicted octanol–water partition coefficient (Wildman–Crippen LogP) is 8.33. The molecule has 1 aliphatic heterocycles. The Balaban J connectivity index is 1.88. The first-order valence-corrected chi connectivity index (χ1v) is 10.3. The van der Waals surface area contributed by atoms with E-state index in [4.69, 9.17) is 4.42 Å². The third-order valence-electron chi connectivity index (χ3n) is 5.91. The first kappa shape index (κ1) is 17.1. The molecule has 1 nitrogen and oxygen atoms in total. The van der Waals surface area contributed by atoms with Crippen LogP contribution in [-0.2, 0) is 0 Å². The molecule has 1 heteroatoms.